The highest BCUT2D eigenvalue weighted by molar-refractivity contribution is 5.06. The van der Waals surface area contributed by atoms with E-state index in [0.717, 1.165) is 30.8 Å². The second-order valence-corrected chi connectivity index (χ2v) is 4.84. The first-order valence-electron chi connectivity index (χ1n) is 6.69. The maximum absolute atomic E-state index is 4.49. The summed E-state index contributed by atoms with van der Waals surface area (Å²) in [6.07, 6.45) is 7.26. The molecule has 0 aliphatic carbocycles. The molecule has 17 heavy (non-hydrogen) atoms. The van der Waals surface area contributed by atoms with Gasteiger partial charge >= 0.3 is 0 Å². The maximum atomic E-state index is 4.49. The first-order valence-corrected chi connectivity index (χ1v) is 6.69. The molecule has 0 amide bonds. The molecule has 1 aromatic rings. The summed E-state index contributed by atoms with van der Waals surface area (Å²) in [5.41, 5.74) is 2.05. The van der Waals surface area contributed by atoms with Crippen LogP contribution in [-0.4, -0.2) is 16.5 Å². The van der Waals surface area contributed by atoms with Gasteiger partial charge in [0.25, 0.3) is 0 Å². The van der Waals surface area contributed by atoms with E-state index in [4.69, 9.17) is 0 Å². The Bertz CT molecular complexity index is 308. The van der Waals surface area contributed by atoms with Crippen molar-refractivity contribution in [2.24, 2.45) is 5.92 Å². The average Bonchev–Trinajstić information content (AvgIpc) is 2.35. The van der Waals surface area contributed by atoms with E-state index in [1.165, 1.54) is 6.42 Å². The van der Waals surface area contributed by atoms with Gasteiger partial charge in [0.1, 0.15) is 0 Å². The van der Waals surface area contributed by atoms with Crippen LogP contribution in [-0.2, 0) is 0 Å². The van der Waals surface area contributed by atoms with Crippen LogP contribution in [0.2, 0.25) is 0 Å². The van der Waals surface area contributed by atoms with Gasteiger partial charge in [-0.2, -0.15) is 0 Å². The third-order valence-corrected chi connectivity index (χ3v) is 3.13. The van der Waals surface area contributed by atoms with Crippen LogP contribution in [0.5, 0.6) is 0 Å². The minimum absolute atomic E-state index is 0.345. The van der Waals surface area contributed by atoms with Crippen LogP contribution in [0.15, 0.2) is 12.4 Å². The number of nitrogens with one attached hydrogen (secondary N) is 1. The quantitative estimate of drug-likeness (QED) is 0.788. The molecule has 3 nitrogen and oxygen atoms in total. The Kier molecular flexibility index (Phi) is 6.12. The molecule has 1 rings (SSSR count). The molecule has 1 heterocycles. The molecule has 96 valence electrons. The molecule has 0 fully saturated rings. The van der Waals surface area contributed by atoms with Crippen LogP contribution in [0.3, 0.4) is 0 Å². The third-order valence-electron chi connectivity index (χ3n) is 3.13. The molecule has 0 aliphatic rings. The van der Waals surface area contributed by atoms with Crippen LogP contribution in [0.4, 0.5) is 0 Å². The van der Waals surface area contributed by atoms with Gasteiger partial charge in [0.15, 0.2) is 0 Å². The maximum Gasteiger partial charge on any atom is 0.0756 e. The standard InChI is InChI=1S/C14H25N3/c1-5-7-15-13(8-11(3)6-2)14-10-16-12(4)9-17-14/h9-11,13,15H,5-8H2,1-4H3. The van der Waals surface area contributed by atoms with Crippen molar-refractivity contribution >= 4 is 0 Å². The fourth-order valence-electron chi connectivity index (χ4n) is 1.78. The molecule has 0 saturated carbocycles. The van der Waals surface area contributed by atoms with E-state index in [0.29, 0.717) is 12.0 Å². The summed E-state index contributed by atoms with van der Waals surface area (Å²) in [5, 5.41) is 3.57. The molecule has 1 aromatic heterocycles. The lowest BCUT2D eigenvalue weighted by Gasteiger charge is -2.21. The fraction of sp³-hybridized carbons (Fsp3) is 0.714. The Labute approximate surface area is 105 Å². The number of aromatic nitrogens is 2. The number of aryl methyl sites for hydroxylation is 1. The lowest BCUT2D eigenvalue weighted by atomic mass is 9.97. The molecule has 0 spiro atoms. The van der Waals surface area contributed by atoms with Crippen molar-refractivity contribution in [3.63, 3.8) is 0 Å². The van der Waals surface area contributed by atoms with E-state index in [1.54, 1.807) is 0 Å². The van der Waals surface area contributed by atoms with E-state index in [2.05, 4.69) is 36.1 Å². The van der Waals surface area contributed by atoms with E-state index < -0.39 is 0 Å². The number of rotatable bonds is 7. The highest BCUT2D eigenvalue weighted by Crippen LogP contribution is 2.21. The van der Waals surface area contributed by atoms with Gasteiger partial charge in [-0.05, 0) is 32.2 Å². The second kappa shape index (κ2) is 7.38. The highest BCUT2D eigenvalue weighted by atomic mass is 14.9. The Morgan fingerprint density at radius 1 is 1.24 bits per heavy atom. The Hall–Kier alpha value is -0.960. The van der Waals surface area contributed by atoms with E-state index in [9.17, 15) is 0 Å². The van der Waals surface area contributed by atoms with Crippen LogP contribution in [0.1, 0.15) is 57.5 Å². The minimum Gasteiger partial charge on any atom is -0.309 e. The van der Waals surface area contributed by atoms with Gasteiger partial charge in [-0.1, -0.05) is 27.2 Å². The number of hydrogen-bond acceptors (Lipinski definition) is 3. The molecule has 1 N–H and O–H groups in total. The van der Waals surface area contributed by atoms with Crippen molar-refractivity contribution in [1.29, 1.82) is 0 Å². The molecule has 3 heteroatoms. The summed E-state index contributed by atoms with van der Waals surface area (Å²) in [5.74, 6) is 0.715. The summed E-state index contributed by atoms with van der Waals surface area (Å²) in [6, 6.07) is 0.345. The highest BCUT2D eigenvalue weighted by Gasteiger charge is 2.15. The largest absolute Gasteiger partial charge is 0.309 e. The molecule has 2 unspecified atom stereocenters. The third kappa shape index (κ3) is 4.82. The molecular formula is C14H25N3. The van der Waals surface area contributed by atoms with Gasteiger partial charge in [0, 0.05) is 6.20 Å². The summed E-state index contributed by atoms with van der Waals surface area (Å²) in [7, 11) is 0. The summed E-state index contributed by atoms with van der Waals surface area (Å²) >= 11 is 0. The average molecular weight is 235 g/mol. The zero-order valence-corrected chi connectivity index (χ0v) is 11.5. The van der Waals surface area contributed by atoms with Gasteiger partial charge in [-0.15, -0.1) is 0 Å². The monoisotopic (exact) mass is 235 g/mol. The van der Waals surface area contributed by atoms with E-state index >= 15 is 0 Å². The van der Waals surface area contributed by atoms with Crippen molar-refractivity contribution in [2.75, 3.05) is 6.54 Å². The van der Waals surface area contributed by atoms with Crippen molar-refractivity contribution in [3.05, 3.63) is 23.8 Å². The zero-order valence-electron chi connectivity index (χ0n) is 11.5. The molecular weight excluding hydrogens is 210 g/mol. The topological polar surface area (TPSA) is 37.8 Å². The molecule has 0 saturated heterocycles. The second-order valence-electron chi connectivity index (χ2n) is 4.84. The van der Waals surface area contributed by atoms with Gasteiger partial charge in [-0.3, -0.25) is 9.97 Å². The minimum atomic E-state index is 0.345. The summed E-state index contributed by atoms with van der Waals surface area (Å²) in [6.45, 7) is 9.73. The van der Waals surface area contributed by atoms with Gasteiger partial charge < -0.3 is 5.32 Å². The fourth-order valence-corrected chi connectivity index (χ4v) is 1.78. The Balaban J connectivity index is 2.70. The first-order chi connectivity index (χ1) is 8.17. The molecule has 0 radical (unpaired) electrons. The van der Waals surface area contributed by atoms with E-state index in [-0.39, 0.29) is 0 Å². The van der Waals surface area contributed by atoms with E-state index in [1.807, 2.05) is 19.3 Å². The van der Waals surface area contributed by atoms with Crippen LogP contribution >= 0.6 is 0 Å². The van der Waals surface area contributed by atoms with Crippen LogP contribution < -0.4 is 5.32 Å². The Morgan fingerprint density at radius 2 is 2.00 bits per heavy atom. The predicted molar refractivity (Wildman–Crippen MR) is 71.9 cm³/mol. The molecule has 2 atom stereocenters. The molecule has 0 aromatic carbocycles. The van der Waals surface area contributed by atoms with Gasteiger partial charge in [-0.25, -0.2) is 0 Å². The van der Waals surface area contributed by atoms with Crippen molar-refractivity contribution in [1.82, 2.24) is 15.3 Å². The molecule has 0 aliphatic heterocycles. The van der Waals surface area contributed by atoms with Gasteiger partial charge in [0.05, 0.1) is 23.6 Å². The summed E-state index contributed by atoms with van der Waals surface area (Å²) in [4.78, 5) is 8.83. The van der Waals surface area contributed by atoms with Crippen molar-refractivity contribution in [3.8, 4) is 0 Å². The predicted octanol–water partition coefficient (Wildman–Crippen LogP) is 3.26. The molecule has 0 bridgehead atoms. The van der Waals surface area contributed by atoms with Gasteiger partial charge in [0.2, 0.25) is 0 Å². The normalized spacial score (nSPS) is 14.6. The first kappa shape index (κ1) is 14.1. The van der Waals surface area contributed by atoms with Crippen LogP contribution in [0, 0.1) is 12.8 Å². The van der Waals surface area contributed by atoms with Crippen LogP contribution in [0.25, 0.3) is 0 Å². The lowest BCUT2D eigenvalue weighted by molar-refractivity contribution is 0.395. The Morgan fingerprint density at radius 3 is 2.53 bits per heavy atom. The lowest BCUT2D eigenvalue weighted by Crippen LogP contribution is -2.25. The summed E-state index contributed by atoms with van der Waals surface area (Å²) < 4.78 is 0. The number of nitrogens with zero attached hydrogens (tertiary/aromatic N) is 2. The number of hydrogen-bond donors (Lipinski definition) is 1. The zero-order chi connectivity index (χ0) is 12.7. The SMILES string of the molecule is CCCNC(CC(C)CC)c1cnc(C)cn1. The smallest absolute Gasteiger partial charge is 0.0756 e. The van der Waals surface area contributed by atoms with Crippen molar-refractivity contribution < 1.29 is 0 Å². The van der Waals surface area contributed by atoms with Crippen molar-refractivity contribution in [2.45, 2.75) is 53.0 Å².